The monoisotopic (exact) mass is 297 g/mol. The molecule has 1 saturated heterocycles. The van der Waals surface area contributed by atoms with Gasteiger partial charge in [0.1, 0.15) is 5.82 Å². The van der Waals surface area contributed by atoms with E-state index < -0.39 is 0 Å². The van der Waals surface area contributed by atoms with Gasteiger partial charge < -0.3 is 9.47 Å². The Morgan fingerprint density at radius 2 is 1.91 bits per heavy atom. The predicted molar refractivity (Wildman–Crippen MR) is 91.0 cm³/mol. The van der Waals surface area contributed by atoms with Crippen LogP contribution in [0.15, 0.2) is 42.7 Å². The molecule has 1 atom stereocenters. The molecule has 1 aromatic carbocycles. The Bertz CT molecular complexity index is 567. The minimum Gasteiger partial charge on any atom is -0.334 e. The van der Waals surface area contributed by atoms with Gasteiger partial charge in [-0.3, -0.25) is 0 Å². The summed E-state index contributed by atoms with van der Waals surface area (Å²) >= 11 is 0. The van der Waals surface area contributed by atoms with Gasteiger partial charge in [-0.05, 0) is 50.9 Å². The number of rotatable bonds is 5. The molecule has 3 nitrogen and oxygen atoms in total. The first-order valence-electron chi connectivity index (χ1n) is 8.48. The Balaban J connectivity index is 1.62. The van der Waals surface area contributed by atoms with Gasteiger partial charge in [0.25, 0.3) is 0 Å². The van der Waals surface area contributed by atoms with Gasteiger partial charge in [-0.15, -0.1) is 0 Å². The van der Waals surface area contributed by atoms with Gasteiger partial charge in [0.05, 0.1) is 0 Å². The number of benzene rings is 1. The average Bonchev–Trinajstić information content (AvgIpc) is 3.03. The molecular weight excluding hydrogens is 270 g/mol. The topological polar surface area (TPSA) is 21.1 Å². The molecule has 0 radical (unpaired) electrons. The largest absolute Gasteiger partial charge is 0.334 e. The summed E-state index contributed by atoms with van der Waals surface area (Å²) < 4.78 is 2.36. The first kappa shape index (κ1) is 15.3. The highest BCUT2D eigenvalue weighted by Gasteiger charge is 2.18. The number of nitrogens with zero attached hydrogens (tertiary/aromatic N) is 3. The summed E-state index contributed by atoms with van der Waals surface area (Å²) in [7, 11) is 2.23. The lowest BCUT2D eigenvalue weighted by Gasteiger charge is -2.29. The van der Waals surface area contributed by atoms with Crippen LogP contribution in [-0.2, 0) is 6.54 Å². The van der Waals surface area contributed by atoms with Crippen molar-refractivity contribution in [2.45, 2.75) is 38.6 Å². The highest BCUT2D eigenvalue weighted by Crippen LogP contribution is 2.24. The average molecular weight is 297 g/mol. The van der Waals surface area contributed by atoms with Crippen molar-refractivity contribution in [3.63, 3.8) is 0 Å². The molecule has 1 fully saturated rings. The van der Waals surface area contributed by atoms with Crippen molar-refractivity contribution >= 4 is 0 Å². The van der Waals surface area contributed by atoms with Crippen LogP contribution >= 0.6 is 0 Å². The zero-order chi connectivity index (χ0) is 15.4. The minimum atomic E-state index is 0.355. The summed E-state index contributed by atoms with van der Waals surface area (Å²) in [5.74, 6) is 2.42. The molecule has 0 N–H and O–H groups in total. The third-order valence-electron chi connectivity index (χ3n) is 5.05. The zero-order valence-corrected chi connectivity index (χ0v) is 13.8. The fourth-order valence-corrected chi connectivity index (χ4v) is 3.45. The van der Waals surface area contributed by atoms with Gasteiger partial charge >= 0.3 is 0 Å². The lowest BCUT2D eigenvalue weighted by atomic mass is 9.93. The van der Waals surface area contributed by atoms with Crippen molar-refractivity contribution in [2.75, 3.05) is 20.1 Å². The number of aryl methyl sites for hydroxylation is 1. The summed E-state index contributed by atoms with van der Waals surface area (Å²) in [6, 6.07) is 10.7. The summed E-state index contributed by atoms with van der Waals surface area (Å²) in [4.78, 5) is 7.06. The molecule has 0 aliphatic carbocycles. The van der Waals surface area contributed by atoms with Crippen molar-refractivity contribution < 1.29 is 0 Å². The van der Waals surface area contributed by atoms with E-state index in [1.54, 1.807) is 0 Å². The van der Waals surface area contributed by atoms with Crippen molar-refractivity contribution in [3.05, 3.63) is 54.1 Å². The smallest absolute Gasteiger partial charge is 0.115 e. The highest BCUT2D eigenvalue weighted by molar-refractivity contribution is 5.24. The van der Waals surface area contributed by atoms with E-state index in [1.807, 2.05) is 6.20 Å². The van der Waals surface area contributed by atoms with E-state index in [0.717, 1.165) is 12.5 Å². The van der Waals surface area contributed by atoms with Crippen molar-refractivity contribution in [1.29, 1.82) is 0 Å². The number of hydrogen-bond acceptors (Lipinski definition) is 2. The number of piperidine rings is 1. The molecule has 3 heteroatoms. The fraction of sp³-hybridized carbons (Fsp3) is 0.526. The first-order valence-corrected chi connectivity index (χ1v) is 8.48. The molecule has 118 valence electrons. The first-order chi connectivity index (χ1) is 10.7. The van der Waals surface area contributed by atoms with Gasteiger partial charge in [0, 0.05) is 24.9 Å². The highest BCUT2D eigenvalue weighted by atomic mass is 15.1. The van der Waals surface area contributed by atoms with Gasteiger partial charge in [0.15, 0.2) is 0 Å². The number of imidazole rings is 1. The Morgan fingerprint density at radius 3 is 2.64 bits per heavy atom. The third kappa shape index (κ3) is 3.58. The lowest BCUT2D eigenvalue weighted by Crippen LogP contribution is -2.30. The standard InChI is InChI=1S/C19H27N3/c1-16(18-6-4-3-5-7-18)19-20-11-15-22(19)14-10-17-8-12-21(2)13-9-17/h3-7,11,15-17H,8-10,12-14H2,1-2H3. The van der Waals surface area contributed by atoms with E-state index >= 15 is 0 Å². The van der Waals surface area contributed by atoms with Crippen LogP contribution in [0.4, 0.5) is 0 Å². The van der Waals surface area contributed by atoms with Crippen LogP contribution < -0.4 is 0 Å². The van der Waals surface area contributed by atoms with E-state index in [1.165, 1.54) is 43.7 Å². The van der Waals surface area contributed by atoms with Crippen LogP contribution in [0, 0.1) is 5.92 Å². The maximum atomic E-state index is 4.62. The Morgan fingerprint density at radius 1 is 1.18 bits per heavy atom. The summed E-state index contributed by atoms with van der Waals surface area (Å²) in [5, 5.41) is 0. The maximum absolute atomic E-state index is 4.62. The van der Waals surface area contributed by atoms with Crippen molar-refractivity contribution in [3.8, 4) is 0 Å². The van der Waals surface area contributed by atoms with E-state index in [9.17, 15) is 0 Å². The van der Waals surface area contributed by atoms with Gasteiger partial charge in [-0.25, -0.2) is 4.98 Å². The predicted octanol–water partition coefficient (Wildman–Crippen LogP) is 3.77. The molecule has 22 heavy (non-hydrogen) atoms. The molecule has 0 spiro atoms. The number of hydrogen-bond donors (Lipinski definition) is 0. The molecule has 1 aliphatic rings. The van der Waals surface area contributed by atoms with Gasteiger partial charge in [0.2, 0.25) is 0 Å². The fourth-order valence-electron chi connectivity index (χ4n) is 3.45. The summed E-state index contributed by atoms with van der Waals surface area (Å²) in [5.41, 5.74) is 1.34. The molecule has 0 amide bonds. The van der Waals surface area contributed by atoms with E-state index in [-0.39, 0.29) is 0 Å². The van der Waals surface area contributed by atoms with E-state index in [2.05, 4.69) is 65.0 Å². The summed E-state index contributed by atoms with van der Waals surface area (Å²) in [6.07, 6.45) is 8.05. The van der Waals surface area contributed by atoms with Crippen LogP contribution in [0.2, 0.25) is 0 Å². The Labute approximate surface area is 134 Å². The number of aromatic nitrogens is 2. The second-order valence-electron chi connectivity index (χ2n) is 6.65. The lowest BCUT2D eigenvalue weighted by molar-refractivity contribution is 0.207. The molecule has 2 heterocycles. The SMILES string of the molecule is CC(c1ccccc1)c1nccn1CCC1CCN(C)CC1. The molecule has 1 aromatic heterocycles. The Hall–Kier alpha value is -1.61. The van der Waals surface area contributed by atoms with Crippen LogP contribution in [0.1, 0.15) is 43.5 Å². The second kappa shape index (κ2) is 7.10. The van der Waals surface area contributed by atoms with Crippen molar-refractivity contribution in [1.82, 2.24) is 14.5 Å². The molecule has 2 aromatic rings. The summed E-state index contributed by atoms with van der Waals surface area (Å²) in [6.45, 7) is 5.86. The normalized spacial score (nSPS) is 18.5. The minimum absolute atomic E-state index is 0.355. The van der Waals surface area contributed by atoms with Crippen LogP contribution in [0.5, 0.6) is 0 Å². The zero-order valence-electron chi connectivity index (χ0n) is 13.8. The molecule has 0 saturated carbocycles. The van der Waals surface area contributed by atoms with Gasteiger partial charge in [-0.1, -0.05) is 37.3 Å². The van der Waals surface area contributed by atoms with Crippen molar-refractivity contribution in [2.24, 2.45) is 5.92 Å². The van der Waals surface area contributed by atoms with Crippen LogP contribution in [0.25, 0.3) is 0 Å². The maximum Gasteiger partial charge on any atom is 0.115 e. The van der Waals surface area contributed by atoms with Crippen LogP contribution in [-0.4, -0.2) is 34.6 Å². The Kier molecular flexibility index (Phi) is 4.94. The van der Waals surface area contributed by atoms with E-state index in [0.29, 0.717) is 5.92 Å². The van der Waals surface area contributed by atoms with Gasteiger partial charge in [-0.2, -0.15) is 0 Å². The molecule has 3 rings (SSSR count). The molecule has 0 bridgehead atoms. The van der Waals surface area contributed by atoms with Crippen LogP contribution in [0.3, 0.4) is 0 Å². The molecular formula is C19H27N3. The number of likely N-dealkylation sites (tertiary alicyclic amines) is 1. The van der Waals surface area contributed by atoms with E-state index in [4.69, 9.17) is 0 Å². The molecule has 1 unspecified atom stereocenters. The third-order valence-corrected chi connectivity index (χ3v) is 5.05. The second-order valence-corrected chi connectivity index (χ2v) is 6.65. The molecule has 1 aliphatic heterocycles. The quantitative estimate of drug-likeness (QED) is 0.837.